The average Bonchev–Trinajstić information content (AvgIpc) is 2.61. The van der Waals surface area contributed by atoms with Crippen LogP contribution in [0.4, 0.5) is 0 Å². The fraction of sp³-hybridized carbons (Fsp3) is 0.235. The highest BCUT2D eigenvalue weighted by Crippen LogP contribution is 2.32. The van der Waals surface area contributed by atoms with Crippen LogP contribution in [0.2, 0.25) is 20.1 Å². The van der Waals surface area contributed by atoms with Crippen molar-refractivity contribution in [2.75, 3.05) is 26.2 Å². The molecule has 2 aromatic rings. The fourth-order valence-corrected chi connectivity index (χ4v) is 5.83. The Bertz CT molecular complexity index is 969. The van der Waals surface area contributed by atoms with Crippen molar-refractivity contribution in [2.45, 2.75) is 4.90 Å². The standard InChI is InChI=1S/C17H14Cl4N2O3S/c18-11-4-5-12(15(21)10-11)17(24)22-6-8-23(9-7-22)27(25,26)16-13(19)2-1-3-14(16)20/h1-5,10H,6-9H2. The van der Waals surface area contributed by atoms with Crippen LogP contribution in [0.15, 0.2) is 41.3 Å². The zero-order valence-corrected chi connectivity index (χ0v) is 17.7. The maximum absolute atomic E-state index is 12.9. The van der Waals surface area contributed by atoms with E-state index in [1.165, 1.54) is 22.5 Å². The third kappa shape index (κ3) is 4.21. The summed E-state index contributed by atoms with van der Waals surface area (Å²) in [5.74, 6) is -0.274. The third-order valence-corrected chi connectivity index (χ3v) is 7.61. The van der Waals surface area contributed by atoms with Crippen LogP contribution in [0.3, 0.4) is 0 Å². The van der Waals surface area contributed by atoms with Gasteiger partial charge < -0.3 is 4.90 Å². The number of carbonyl (C=O) groups is 1. The molecule has 5 nitrogen and oxygen atoms in total. The Morgan fingerprint density at radius 3 is 2.00 bits per heavy atom. The Morgan fingerprint density at radius 1 is 0.852 bits per heavy atom. The molecular weight excluding hydrogens is 454 g/mol. The van der Waals surface area contributed by atoms with Crippen LogP contribution in [0.1, 0.15) is 10.4 Å². The van der Waals surface area contributed by atoms with Crippen LogP contribution >= 0.6 is 46.4 Å². The Balaban J connectivity index is 1.76. The van der Waals surface area contributed by atoms with E-state index in [9.17, 15) is 13.2 Å². The van der Waals surface area contributed by atoms with Crippen molar-refractivity contribution in [2.24, 2.45) is 0 Å². The summed E-state index contributed by atoms with van der Waals surface area (Å²) in [6, 6.07) is 9.16. The number of hydrogen-bond acceptors (Lipinski definition) is 3. The summed E-state index contributed by atoms with van der Waals surface area (Å²) in [4.78, 5) is 14.1. The lowest BCUT2D eigenvalue weighted by Gasteiger charge is -2.34. The van der Waals surface area contributed by atoms with Crippen LogP contribution in [0, 0.1) is 0 Å². The van der Waals surface area contributed by atoms with E-state index in [0.29, 0.717) is 10.6 Å². The SMILES string of the molecule is O=C(c1ccc(Cl)cc1Cl)N1CCN(S(=O)(=O)c2c(Cl)cccc2Cl)CC1. The highest BCUT2D eigenvalue weighted by Gasteiger charge is 2.33. The molecule has 1 heterocycles. The molecule has 0 radical (unpaired) electrons. The molecule has 1 saturated heterocycles. The van der Waals surface area contributed by atoms with Gasteiger partial charge in [0.1, 0.15) is 4.90 Å². The lowest BCUT2D eigenvalue weighted by molar-refractivity contribution is 0.0698. The lowest BCUT2D eigenvalue weighted by atomic mass is 10.2. The monoisotopic (exact) mass is 466 g/mol. The Hall–Kier alpha value is -1.02. The fourth-order valence-electron chi connectivity index (χ4n) is 2.82. The molecule has 1 aliphatic rings. The smallest absolute Gasteiger partial charge is 0.255 e. The second-order valence-corrected chi connectivity index (χ2v) is 9.40. The summed E-state index contributed by atoms with van der Waals surface area (Å²) < 4.78 is 27.0. The Labute approximate surface area is 177 Å². The number of nitrogens with zero attached hydrogens (tertiary/aromatic N) is 2. The molecule has 27 heavy (non-hydrogen) atoms. The van der Waals surface area contributed by atoms with E-state index in [1.807, 2.05) is 0 Å². The summed E-state index contributed by atoms with van der Waals surface area (Å²) in [6.07, 6.45) is 0. The second kappa shape index (κ2) is 8.15. The van der Waals surface area contributed by atoms with Gasteiger partial charge in [-0.05, 0) is 30.3 Å². The zero-order chi connectivity index (χ0) is 19.8. The summed E-state index contributed by atoms with van der Waals surface area (Å²) in [7, 11) is -3.86. The van der Waals surface area contributed by atoms with Crippen LogP contribution < -0.4 is 0 Å². The van der Waals surface area contributed by atoms with Crippen molar-refractivity contribution in [3.8, 4) is 0 Å². The van der Waals surface area contributed by atoms with E-state index in [2.05, 4.69) is 0 Å². The summed E-state index contributed by atoms with van der Waals surface area (Å²) in [5.41, 5.74) is 0.325. The van der Waals surface area contributed by atoms with E-state index in [0.717, 1.165) is 0 Å². The van der Waals surface area contributed by atoms with Crippen LogP contribution in [-0.4, -0.2) is 49.7 Å². The number of benzene rings is 2. The van der Waals surface area contributed by atoms with E-state index in [4.69, 9.17) is 46.4 Å². The zero-order valence-electron chi connectivity index (χ0n) is 13.8. The first-order chi connectivity index (χ1) is 12.7. The molecule has 1 amide bonds. The molecule has 0 unspecified atom stereocenters. The number of halogens is 4. The first-order valence-electron chi connectivity index (χ1n) is 7.90. The van der Waals surface area contributed by atoms with Gasteiger partial charge in [-0.3, -0.25) is 4.79 Å². The summed E-state index contributed by atoms with van der Waals surface area (Å²) in [5, 5.41) is 0.817. The van der Waals surface area contributed by atoms with E-state index >= 15 is 0 Å². The van der Waals surface area contributed by atoms with Crippen molar-refractivity contribution in [1.82, 2.24) is 9.21 Å². The predicted octanol–water partition coefficient (Wildman–Crippen LogP) is 4.45. The molecule has 1 aliphatic heterocycles. The van der Waals surface area contributed by atoms with Crippen LogP contribution in [0.5, 0.6) is 0 Å². The summed E-state index contributed by atoms with van der Waals surface area (Å²) >= 11 is 24.0. The Morgan fingerprint density at radius 2 is 1.44 bits per heavy atom. The molecule has 0 saturated carbocycles. The largest absolute Gasteiger partial charge is 0.336 e. The molecule has 144 valence electrons. The molecule has 0 spiro atoms. The molecule has 0 aliphatic carbocycles. The highest BCUT2D eigenvalue weighted by molar-refractivity contribution is 7.89. The first-order valence-corrected chi connectivity index (χ1v) is 10.9. The molecule has 0 N–H and O–H groups in total. The quantitative estimate of drug-likeness (QED) is 0.670. The lowest BCUT2D eigenvalue weighted by Crippen LogP contribution is -2.50. The Kier molecular flexibility index (Phi) is 6.25. The van der Waals surface area contributed by atoms with Gasteiger partial charge >= 0.3 is 0 Å². The highest BCUT2D eigenvalue weighted by atomic mass is 35.5. The topological polar surface area (TPSA) is 57.7 Å². The molecule has 10 heteroatoms. The van der Waals surface area contributed by atoms with Gasteiger partial charge in [0.25, 0.3) is 5.91 Å². The molecule has 0 aromatic heterocycles. The van der Waals surface area contributed by atoms with E-state index in [-0.39, 0.29) is 52.0 Å². The van der Waals surface area contributed by atoms with Gasteiger partial charge in [0.15, 0.2) is 0 Å². The molecule has 1 fully saturated rings. The number of piperazine rings is 1. The minimum absolute atomic E-state index is 0.0638. The van der Waals surface area contributed by atoms with Crippen molar-refractivity contribution < 1.29 is 13.2 Å². The number of carbonyl (C=O) groups excluding carboxylic acids is 1. The minimum Gasteiger partial charge on any atom is -0.336 e. The van der Waals surface area contributed by atoms with Gasteiger partial charge in [-0.2, -0.15) is 4.31 Å². The van der Waals surface area contributed by atoms with Crippen molar-refractivity contribution >= 4 is 62.3 Å². The van der Waals surface area contributed by atoms with Gasteiger partial charge in [-0.1, -0.05) is 52.5 Å². The maximum atomic E-state index is 12.9. The van der Waals surface area contributed by atoms with Crippen molar-refractivity contribution in [3.05, 3.63) is 62.1 Å². The van der Waals surface area contributed by atoms with Crippen molar-refractivity contribution in [3.63, 3.8) is 0 Å². The summed E-state index contributed by atoms with van der Waals surface area (Å²) in [6.45, 7) is 0.694. The van der Waals surface area contributed by atoms with E-state index in [1.54, 1.807) is 23.1 Å². The van der Waals surface area contributed by atoms with Gasteiger partial charge in [0.05, 0.1) is 20.6 Å². The molecule has 0 atom stereocenters. The number of hydrogen-bond donors (Lipinski definition) is 0. The van der Waals surface area contributed by atoms with Crippen molar-refractivity contribution in [1.29, 1.82) is 0 Å². The molecular formula is C17H14Cl4N2O3S. The minimum atomic E-state index is -3.86. The van der Waals surface area contributed by atoms with Gasteiger partial charge in [-0.25, -0.2) is 8.42 Å². The molecule has 3 rings (SSSR count). The van der Waals surface area contributed by atoms with Gasteiger partial charge in [0.2, 0.25) is 10.0 Å². The number of rotatable bonds is 3. The van der Waals surface area contributed by atoms with Crippen LogP contribution in [-0.2, 0) is 10.0 Å². The van der Waals surface area contributed by atoms with Crippen LogP contribution in [0.25, 0.3) is 0 Å². The molecule has 0 bridgehead atoms. The van der Waals surface area contributed by atoms with Gasteiger partial charge in [0, 0.05) is 31.2 Å². The molecule has 2 aromatic carbocycles. The number of sulfonamides is 1. The number of amides is 1. The third-order valence-electron chi connectivity index (χ3n) is 4.20. The van der Waals surface area contributed by atoms with E-state index < -0.39 is 10.0 Å². The predicted molar refractivity (Wildman–Crippen MR) is 108 cm³/mol. The van der Waals surface area contributed by atoms with Gasteiger partial charge in [-0.15, -0.1) is 0 Å². The first kappa shape index (κ1) is 20.7. The second-order valence-electron chi connectivity index (χ2n) is 5.87. The average molecular weight is 468 g/mol. The maximum Gasteiger partial charge on any atom is 0.255 e. The normalized spacial score (nSPS) is 15.8.